The Bertz CT molecular complexity index is 1440. The summed E-state index contributed by atoms with van der Waals surface area (Å²) in [7, 11) is -4.06. The van der Waals surface area contributed by atoms with E-state index in [2.05, 4.69) is 10.0 Å². The van der Waals surface area contributed by atoms with Crippen LogP contribution >= 0.6 is 11.6 Å². The van der Waals surface area contributed by atoms with E-state index in [1.165, 1.54) is 18.2 Å². The van der Waals surface area contributed by atoms with Crippen molar-refractivity contribution in [3.8, 4) is 5.75 Å². The molecule has 0 saturated carbocycles. The maximum absolute atomic E-state index is 13.4. The van der Waals surface area contributed by atoms with Gasteiger partial charge in [-0.25, -0.2) is 8.42 Å². The third kappa shape index (κ3) is 6.00. The number of hydrogen-bond acceptors (Lipinski definition) is 4. The monoisotopic (exact) mass is 508 g/mol. The van der Waals surface area contributed by atoms with E-state index in [4.69, 9.17) is 16.3 Å². The molecule has 4 rings (SSSR count). The summed E-state index contributed by atoms with van der Waals surface area (Å²) in [6.07, 6.45) is 0.168. The summed E-state index contributed by atoms with van der Waals surface area (Å²) in [5.41, 5.74) is 1.42. The number of halogens is 1. The van der Waals surface area contributed by atoms with E-state index in [0.717, 1.165) is 16.3 Å². The van der Waals surface area contributed by atoms with Crippen molar-refractivity contribution < 1.29 is 17.9 Å². The number of ether oxygens (including phenoxy) is 1. The SMILES string of the molecule is CCOc1ccc(S(=O)(=O)N[C@@H](Cc2ccccc2)C(=O)Nc2cccc3ccccc23)cc1Cl. The number of hydrogen-bond donors (Lipinski definition) is 2. The summed E-state index contributed by atoms with van der Waals surface area (Å²) in [6.45, 7) is 2.21. The molecule has 4 aromatic rings. The molecule has 6 nitrogen and oxygen atoms in total. The number of benzene rings is 4. The molecular weight excluding hydrogens is 484 g/mol. The van der Waals surface area contributed by atoms with Crippen molar-refractivity contribution in [3.05, 3.63) is 102 Å². The Morgan fingerprint density at radius 1 is 0.943 bits per heavy atom. The van der Waals surface area contributed by atoms with Crippen molar-refractivity contribution >= 4 is 44.0 Å². The summed E-state index contributed by atoms with van der Waals surface area (Å²) in [6, 6.07) is 25.6. The van der Waals surface area contributed by atoms with Gasteiger partial charge in [0, 0.05) is 11.1 Å². The molecule has 180 valence electrons. The Labute approximate surface area is 209 Å². The van der Waals surface area contributed by atoms with Crippen molar-refractivity contribution in [2.24, 2.45) is 0 Å². The Balaban J connectivity index is 1.63. The van der Waals surface area contributed by atoms with E-state index in [0.29, 0.717) is 18.0 Å². The molecule has 2 N–H and O–H groups in total. The molecule has 1 atom stereocenters. The fourth-order valence-electron chi connectivity index (χ4n) is 3.77. The zero-order valence-corrected chi connectivity index (χ0v) is 20.6. The van der Waals surface area contributed by atoms with E-state index in [1.807, 2.05) is 73.7 Å². The highest BCUT2D eigenvalue weighted by atomic mass is 35.5. The first-order valence-electron chi connectivity index (χ1n) is 11.1. The molecule has 4 aromatic carbocycles. The van der Waals surface area contributed by atoms with E-state index >= 15 is 0 Å². The standard InChI is InChI=1S/C27H25ClN2O4S/c1-2-34-26-16-15-21(18-23(26)28)35(32,33)30-25(17-19-9-4-3-5-10-19)27(31)29-24-14-8-12-20-11-6-7-13-22(20)24/h3-16,18,25,30H,2,17H2,1H3,(H,29,31)/t25-/m0/s1. The number of amides is 1. The van der Waals surface area contributed by atoms with Gasteiger partial charge in [0.05, 0.1) is 16.5 Å². The molecule has 0 fully saturated rings. The summed E-state index contributed by atoms with van der Waals surface area (Å²) in [5, 5.41) is 4.91. The highest BCUT2D eigenvalue weighted by Gasteiger charge is 2.27. The van der Waals surface area contributed by atoms with Crippen molar-refractivity contribution in [2.75, 3.05) is 11.9 Å². The molecule has 35 heavy (non-hydrogen) atoms. The lowest BCUT2D eigenvalue weighted by Gasteiger charge is -2.20. The van der Waals surface area contributed by atoms with Crippen molar-refractivity contribution in [1.82, 2.24) is 4.72 Å². The Morgan fingerprint density at radius 3 is 2.40 bits per heavy atom. The third-order valence-corrected chi connectivity index (χ3v) is 7.22. The number of rotatable bonds is 9. The number of carbonyl (C=O) groups excluding carboxylic acids is 1. The molecule has 1 amide bonds. The third-order valence-electron chi connectivity index (χ3n) is 5.46. The first-order valence-corrected chi connectivity index (χ1v) is 13.0. The minimum absolute atomic E-state index is 0.0537. The molecule has 0 unspecified atom stereocenters. The van der Waals surface area contributed by atoms with Crippen molar-refractivity contribution in [3.63, 3.8) is 0 Å². The minimum atomic E-state index is -4.06. The lowest BCUT2D eigenvalue weighted by atomic mass is 10.1. The van der Waals surface area contributed by atoms with Gasteiger partial charge in [-0.1, -0.05) is 78.3 Å². The predicted molar refractivity (Wildman–Crippen MR) is 139 cm³/mol. The molecule has 0 aliphatic heterocycles. The Morgan fingerprint density at radius 2 is 1.66 bits per heavy atom. The van der Waals surface area contributed by atoms with E-state index in [-0.39, 0.29) is 16.3 Å². The molecule has 0 radical (unpaired) electrons. The molecule has 0 aliphatic rings. The molecule has 0 heterocycles. The van der Waals surface area contributed by atoms with E-state index in [9.17, 15) is 13.2 Å². The van der Waals surface area contributed by atoms with Gasteiger partial charge in [0.1, 0.15) is 11.8 Å². The summed E-state index contributed by atoms with van der Waals surface area (Å²) in [4.78, 5) is 13.3. The average molecular weight is 509 g/mol. The summed E-state index contributed by atoms with van der Waals surface area (Å²) >= 11 is 6.21. The van der Waals surface area contributed by atoms with Gasteiger partial charge >= 0.3 is 0 Å². The second kappa shape index (κ2) is 10.9. The molecule has 0 spiro atoms. The Hall–Kier alpha value is -3.39. The van der Waals surface area contributed by atoms with Gasteiger partial charge in [0.25, 0.3) is 0 Å². The van der Waals surface area contributed by atoms with E-state index < -0.39 is 22.0 Å². The number of carbonyl (C=O) groups is 1. The second-order valence-electron chi connectivity index (χ2n) is 7.90. The normalized spacial score (nSPS) is 12.3. The van der Waals surface area contributed by atoms with Crippen LogP contribution in [0.4, 0.5) is 5.69 Å². The highest BCUT2D eigenvalue weighted by Crippen LogP contribution is 2.28. The maximum Gasteiger partial charge on any atom is 0.242 e. The van der Waals surface area contributed by atoms with E-state index in [1.54, 1.807) is 6.07 Å². The largest absolute Gasteiger partial charge is 0.492 e. The topological polar surface area (TPSA) is 84.5 Å². The number of nitrogens with one attached hydrogen (secondary N) is 2. The smallest absolute Gasteiger partial charge is 0.242 e. The zero-order chi connectivity index (χ0) is 24.8. The van der Waals surface area contributed by atoms with Gasteiger partial charge in [0.15, 0.2) is 0 Å². The number of fused-ring (bicyclic) bond motifs is 1. The van der Waals surface area contributed by atoms with Crippen LogP contribution in [0, 0.1) is 0 Å². The van der Waals surface area contributed by atoms with Gasteiger partial charge < -0.3 is 10.1 Å². The number of sulfonamides is 1. The van der Waals surface area contributed by atoms with Crippen LogP contribution in [0.1, 0.15) is 12.5 Å². The van der Waals surface area contributed by atoms with Gasteiger partial charge in [-0.2, -0.15) is 4.72 Å². The minimum Gasteiger partial charge on any atom is -0.492 e. The van der Waals surface area contributed by atoms with Crippen LogP contribution in [0.25, 0.3) is 10.8 Å². The summed E-state index contributed by atoms with van der Waals surface area (Å²) in [5.74, 6) is -0.0755. The molecule has 0 bridgehead atoms. The molecule has 8 heteroatoms. The molecule has 0 aliphatic carbocycles. The maximum atomic E-state index is 13.4. The fraction of sp³-hybridized carbons (Fsp3) is 0.148. The van der Waals surface area contributed by atoms with Crippen LogP contribution in [0.5, 0.6) is 5.75 Å². The lowest BCUT2D eigenvalue weighted by Crippen LogP contribution is -2.45. The Kier molecular flexibility index (Phi) is 7.70. The van der Waals surface area contributed by atoms with Crippen molar-refractivity contribution in [1.29, 1.82) is 0 Å². The fourth-order valence-corrected chi connectivity index (χ4v) is 5.29. The highest BCUT2D eigenvalue weighted by molar-refractivity contribution is 7.89. The van der Waals surface area contributed by atoms with Gasteiger partial charge in [-0.15, -0.1) is 0 Å². The van der Waals surface area contributed by atoms with Crippen LogP contribution < -0.4 is 14.8 Å². The van der Waals surface area contributed by atoms with Crippen LogP contribution in [-0.4, -0.2) is 27.0 Å². The number of anilines is 1. The van der Waals surface area contributed by atoms with Gasteiger partial charge in [-0.05, 0) is 48.6 Å². The van der Waals surface area contributed by atoms with Crippen molar-refractivity contribution in [2.45, 2.75) is 24.3 Å². The first-order chi connectivity index (χ1) is 16.9. The van der Waals surface area contributed by atoms with Crippen LogP contribution in [-0.2, 0) is 21.2 Å². The molecular formula is C27H25ClN2O4S. The predicted octanol–water partition coefficient (Wildman–Crippen LogP) is 5.42. The zero-order valence-electron chi connectivity index (χ0n) is 19.1. The van der Waals surface area contributed by atoms with Crippen LogP contribution in [0.15, 0.2) is 95.9 Å². The second-order valence-corrected chi connectivity index (χ2v) is 10.0. The lowest BCUT2D eigenvalue weighted by molar-refractivity contribution is -0.117. The van der Waals surface area contributed by atoms with Gasteiger partial charge in [-0.3, -0.25) is 4.79 Å². The average Bonchev–Trinajstić information content (AvgIpc) is 2.85. The van der Waals surface area contributed by atoms with Crippen LogP contribution in [0.3, 0.4) is 0 Å². The van der Waals surface area contributed by atoms with Crippen LogP contribution in [0.2, 0.25) is 5.02 Å². The molecule has 0 saturated heterocycles. The quantitative estimate of drug-likeness (QED) is 0.316. The van der Waals surface area contributed by atoms with Gasteiger partial charge in [0.2, 0.25) is 15.9 Å². The molecule has 0 aromatic heterocycles. The first kappa shape index (κ1) is 24.7. The summed E-state index contributed by atoms with van der Waals surface area (Å²) < 4.78 is 34.4.